The van der Waals surface area contributed by atoms with Gasteiger partial charge in [0.1, 0.15) is 0 Å². The molecule has 0 saturated heterocycles. The molecule has 1 aromatic carbocycles. The van der Waals surface area contributed by atoms with Crippen LogP contribution in [0.25, 0.3) is 0 Å². The van der Waals surface area contributed by atoms with E-state index >= 15 is 0 Å². The molecule has 70 valence electrons. The Hall–Kier alpha value is -0.570. The highest BCUT2D eigenvalue weighted by Crippen LogP contribution is 2.32. The second-order valence-electron chi connectivity index (χ2n) is 3.44. The Morgan fingerprint density at radius 3 is 3.00 bits per heavy atom. The van der Waals surface area contributed by atoms with E-state index in [-0.39, 0.29) is 6.04 Å². The predicted molar refractivity (Wildman–Crippen MR) is 52.7 cm³/mol. The van der Waals surface area contributed by atoms with Gasteiger partial charge >= 0.3 is 0 Å². The van der Waals surface area contributed by atoms with E-state index in [4.69, 9.17) is 17.3 Å². The van der Waals surface area contributed by atoms with Crippen LogP contribution in [0.1, 0.15) is 23.6 Å². The summed E-state index contributed by atoms with van der Waals surface area (Å²) in [4.78, 5) is 0. The number of hydrogen-bond acceptors (Lipinski definition) is 2. The molecular weight excluding hydrogens is 186 g/mol. The number of halogens is 1. The van der Waals surface area contributed by atoms with Crippen LogP contribution in [0.15, 0.2) is 18.2 Å². The molecule has 0 saturated carbocycles. The molecule has 0 radical (unpaired) electrons. The van der Waals surface area contributed by atoms with Crippen LogP contribution in [0.2, 0.25) is 5.02 Å². The molecule has 13 heavy (non-hydrogen) atoms. The molecule has 1 aromatic rings. The van der Waals surface area contributed by atoms with Crippen molar-refractivity contribution in [1.29, 1.82) is 0 Å². The van der Waals surface area contributed by atoms with E-state index in [1.54, 1.807) is 0 Å². The molecule has 0 amide bonds. The maximum absolute atomic E-state index is 9.55. The summed E-state index contributed by atoms with van der Waals surface area (Å²) in [6, 6.07) is 5.40. The van der Waals surface area contributed by atoms with E-state index in [2.05, 4.69) is 0 Å². The summed E-state index contributed by atoms with van der Waals surface area (Å²) >= 11 is 6.02. The highest BCUT2D eigenvalue weighted by atomic mass is 35.5. The highest BCUT2D eigenvalue weighted by Gasteiger charge is 2.25. The van der Waals surface area contributed by atoms with Crippen molar-refractivity contribution in [2.45, 2.75) is 25.0 Å². The minimum atomic E-state index is -0.425. The van der Waals surface area contributed by atoms with Crippen LogP contribution < -0.4 is 5.73 Å². The zero-order valence-corrected chi connectivity index (χ0v) is 7.96. The second kappa shape index (κ2) is 3.29. The van der Waals surface area contributed by atoms with Crippen molar-refractivity contribution in [2.24, 2.45) is 5.73 Å². The minimum absolute atomic E-state index is 0.276. The summed E-state index contributed by atoms with van der Waals surface area (Å²) < 4.78 is 0. The lowest BCUT2D eigenvalue weighted by atomic mass is 9.86. The molecule has 0 bridgehead atoms. The molecule has 1 aliphatic carbocycles. The van der Waals surface area contributed by atoms with Crippen LogP contribution in [-0.4, -0.2) is 11.2 Å². The molecule has 1 aliphatic rings. The number of aliphatic hydroxyl groups excluding tert-OH is 1. The van der Waals surface area contributed by atoms with Gasteiger partial charge < -0.3 is 10.8 Å². The first kappa shape index (κ1) is 9.00. The lowest BCUT2D eigenvalue weighted by Gasteiger charge is -2.27. The largest absolute Gasteiger partial charge is 0.391 e. The molecule has 2 rings (SSSR count). The summed E-state index contributed by atoms with van der Waals surface area (Å²) in [7, 11) is 0. The lowest BCUT2D eigenvalue weighted by molar-refractivity contribution is 0.128. The monoisotopic (exact) mass is 197 g/mol. The van der Waals surface area contributed by atoms with E-state index < -0.39 is 6.10 Å². The quantitative estimate of drug-likeness (QED) is 0.665. The van der Waals surface area contributed by atoms with Crippen LogP contribution in [0.4, 0.5) is 0 Å². The van der Waals surface area contributed by atoms with Gasteiger partial charge in [0.15, 0.2) is 0 Å². The van der Waals surface area contributed by atoms with Gasteiger partial charge in [0.2, 0.25) is 0 Å². The van der Waals surface area contributed by atoms with Crippen molar-refractivity contribution in [3.63, 3.8) is 0 Å². The van der Waals surface area contributed by atoms with Gasteiger partial charge in [-0.05, 0) is 30.0 Å². The minimum Gasteiger partial charge on any atom is -0.391 e. The fraction of sp³-hybridized carbons (Fsp3) is 0.400. The topological polar surface area (TPSA) is 46.2 Å². The standard InChI is InChI=1S/C10H12ClNO/c11-8-3-1-2-7-6(8)4-5-9(13)10(7)12/h1-3,9-10,13H,4-5,12H2/t9-,10+/m1/s1. The molecule has 3 N–H and O–H groups in total. The van der Waals surface area contributed by atoms with Gasteiger partial charge in [-0.15, -0.1) is 0 Å². The third kappa shape index (κ3) is 1.46. The summed E-state index contributed by atoms with van der Waals surface area (Å²) in [5.41, 5.74) is 7.94. The molecule has 0 aliphatic heterocycles. The van der Waals surface area contributed by atoms with E-state index in [9.17, 15) is 5.11 Å². The Labute approximate surface area is 82.3 Å². The van der Waals surface area contributed by atoms with Crippen molar-refractivity contribution in [1.82, 2.24) is 0 Å². The third-order valence-corrected chi connectivity index (χ3v) is 2.97. The SMILES string of the molecule is N[C@H]1c2cccc(Cl)c2CC[C@H]1O. The van der Waals surface area contributed by atoms with Crippen molar-refractivity contribution < 1.29 is 5.11 Å². The number of hydrogen-bond donors (Lipinski definition) is 2. The fourth-order valence-electron chi connectivity index (χ4n) is 1.83. The van der Waals surface area contributed by atoms with E-state index in [1.165, 1.54) is 0 Å². The molecule has 0 heterocycles. The smallest absolute Gasteiger partial charge is 0.0736 e. The first-order valence-corrected chi connectivity index (χ1v) is 4.79. The maximum Gasteiger partial charge on any atom is 0.0736 e. The van der Waals surface area contributed by atoms with Crippen molar-refractivity contribution in [2.75, 3.05) is 0 Å². The molecule has 0 aromatic heterocycles. The summed E-state index contributed by atoms with van der Waals surface area (Å²) in [6.45, 7) is 0. The summed E-state index contributed by atoms with van der Waals surface area (Å²) in [6.07, 6.45) is 1.10. The van der Waals surface area contributed by atoms with Crippen LogP contribution >= 0.6 is 11.6 Å². The Balaban J connectivity index is 2.49. The van der Waals surface area contributed by atoms with Gasteiger partial charge in [0.25, 0.3) is 0 Å². The molecule has 0 unspecified atom stereocenters. The normalized spacial score (nSPS) is 27.0. The number of benzene rings is 1. The number of nitrogens with two attached hydrogens (primary N) is 1. The number of aliphatic hydroxyl groups is 1. The Morgan fingerprint density at radius 2 is 2.23 bits per heavy atom. The van der Waals surface area contributed by atoms with Gasteiger partial charge in [0, 0.05) is 5.02 Å². The zero-order chi connectivity index (χ0) is 9.42. The first-order chi connectivity index (χ1) is 6.20. The van der Waals surface area contributed by atoms with Gasteiger partial charge in [-0.2, -0.15) is 0 Å². The molecule has 2 nitrogen and oxygen atoms in total. The summed E-state index contributed by atoms with van der Waals surface area (Å²) in [5, 5.41) is 10.3. The average Bonchev–Trinajstić information content (AvgIpc) is 2.12. The number of fused-ring (bicyclic) bond motifs is 1. The van der Waals surface area contributed by atoms with Gasteiger partial charge in [0.05, 0.1) is 12.1 Å². The Kier molecular flexibility index (Phi) is 2.28. The Bertz CT molecular complexity index is 327. The van der Waals surface area contributed by atoms with Crippen LogP contribution in [0.3, 0.4) is 0 Å². The molecular formula is C10H12ClNO. The van der Waals surface area contributed by atoms with E-state index in [0.717, 1.165) is 22.6 Å². The predicted octanol–water partition coefficient (Wildman–Crippen LogP) is 1.65. The first-order valence-electron chi connectivity index (χ1n) is 4.41. The van der Waals surface area contributed by atoms with Crippen molar-refractivity contribution in [3.8, 4) is 0 Å². The summed E-state index contributed by atoms with van der Waals surface area (Å²) in [5.74, 6) is 0. The molecule has 3 heteroatoms. The van der Waals surface area contributed by atoms with Crippen molar-refractivity contribution in [3.05, 3.63) is 34.3 Å². The van der Waals surface area contributed by atoms with Crippen molar-refractivity contribution >= 4 is 11.6 Å². The molecule has 0 spiro atoms. The molecule has 2 atom stereocenters. The Morgan fingerprint density at radius 1 is 1.46 bits per heavy atom. The van der Waals surface area contributed by atoms with Gasteiger partial charge in [-0.3, -0.25) is 0 Å². The van der Waals surface area contributed by atoms with E-state index in [0.29, 0.717) is 6.42 Å². The van der Waals surface area contributed by atoms with Crippen LogP contribution in [0.5, 0.6) is 0 Å². The highest BCUT2D eigenvalue weighted by molar-refractivity contribution is 6.31. The lowest BCUT2D eigenvalue weighted by Crippen LogP contribution is -2.31. The maximum atomic E-state index is 9.55. The van der Waals surface area contributed by atoms with E-state index in [1.807, 2.05) is 18.2 Å². The second-order valence-corrected chi connectivity index (χ2v) is 3.85. The third-order valence-electron chi connectivity index (χ3n) is 2.62. The van der Waals surface area contributed by atoms with Crippen LogP contribution in [-0.2, 0) is 6.42 Å². The van der Waals surface area contributed by atoms with Crippen LogP contribution in [0, 0.1) is 0 Å². The van der Waals surface area contributed by atoms with Gasteiger partial charge in [-0.25, -0.2) is 0 Å². The number of rotatable bonds is 0. The van der Waals surface area contributed by atoms with Gasteiger partial charge in [-0.1, -0.05) is 23.7 Å². The zero-order valence-electron chi connectivity index (χ0n) is 7.20. The average molecular weight is 198 g/mol. The molecule has 0 fully saturated rings. The fourth-order valence-corrected chi connectivity index (χ4v) is 2.11.